The van der Waals surface area contributed by atoms with Crippen LogP contribution in [-0.2, 0) is 6.54 Å². The molecule has 0 atom stereocenters. The number of rotatable bonds is 4. The van der Waals surface area contributed by atoms with Crippen LogP contribution in [0.2, 0.25) is 5.02 Å². The predicted molar refractivity (Wildman–Crippen MR) is 58.4 cm³/mol. The molecule has 15 heavy (non-hydrogen) atoms. The van der Waals surface area contributed by atoms with E-state index in [2.05, 4.69) is 0 Å². The fourth-order valence-corrected chi connectivity index (χ4v) is 2.16. The van der Waals surface area contributed by atoms with Crippen LogP contribution in [-0.4, -0.2) is 15.6 Å². The van der Waals surface area contributed by atoms with Crippen LogP contribution in [0.15, 0.2) is 12.3 Å². The minimum absolute atomic E-state index is 0.291. The minimum atomic E-state index is -0.907. The molecule has 1 aromatic rings. The summed E-state index contributed by atoms with van der Waals surface area (Å²) in [5.74, 6) is -0.122. The summed E-state index contributed by atoms with van der Waals surface area (Å²) in [6.45, 7) is 0.763. The van der Waals surface area contributed by atoms with E-state index in [0.29, 0.717) is 10.7 Å². The van der Waals surface area contributed by atoms with Gasteiger partial charge in [0.05, 0.1) is 5.02 Å². The summed E-state index contributed by atoms with van der Waals surface area (Å²) in [5, 5.41) is 9.44. The van der Waals surface area contributed by atoms with E-state index in [-0.39, 0.29) is 0 Å². The van der Waals surface area contributed by atoms with Crippen LogP contribution < -0.4 is 0 Å². The Bertz CT molecular complexity index is 369. The number of aromatic nitrogens is 1. The fraction of sp³-hybridized carbons (Fsp3) is 0.545. The molecule has 0 spiro atoms. The molecule has 1 aromatic heterocycles. The Morgan fingerprint density at radius 2 is 2.33 bits per heavy atom. The van der Waals surface area contributed by atoms with E-state index in [1.54, 1.807) is 10.8 Å². The Hall–Kier alpha value is -0.960. The van der Waals surface area contributed by atoms with Gasteiger partial charge in [-0.2, -0.15) is 0 Å². The van der Waals surface area contributed by atoms with Crippen LogP contribution in [0, 0.1) is 5.92 Å². The Morgan fingerprint density at radius 1 is 1.60 bits per heavy atom. The van der Waals surface area contributed by atoms with E-state index in [4.69, 9.17) is 16.7 Å². The van der Waals surface area contributed by atoms with Gasteiger partial charge < -0.3 is 9.67 Å². The summed E-state index contributed by atoms with van der Waals surface area (Å²) in [4.78, 5) is 10.9. The summed E-state index contributed by atoms with van der Waals surface area (Å²) in [6, 6.07) is 1.50. The van der Waals surface area contributed by atoms with Gasteiger partial charge in [0.25, 0.3) is 0 Å². The molecular weight excluding hydrogens is 214 g/mol. The molecule has 0 radical (unpaired) electrons. The summed E-state index contributed by atoms with van der Waals surface area (Å²) in [6.07, 6.45) is 6.66. The standard InChI is InChI=1S/C11H14ClNO2/c12-9-6-10(11(14)15)13(7-9)5-4-8-2-1-3-8/h6-8H,1-5H2,(H,14,15). The fourth-order valence-electron chi connectivity index (χ4n) is 1.94. The van der Waals surface area contributed by atoms with Crippen LogP contribution in [0.25, 0.3) is 0 Å². The third-order valence-electron chi connectivity index (χ3n) is 3.09. The van der Waals surface area contributed by atoms with Gasteiger partial charge in [0.15, 0.2) is 0 Å². The van der Waals surface area contributed by atoms with Gasteiger partial charge in [-0.3, -0.25) is 0 Å². The molecule has 1 heterocycles. The monoisotopic (exact) mass is 227 g/mol. The van der Waals surface area contributed by atoms with E-state index in [1.165, 1.54) is 25.3 Å². The maximum atomic E-state index is 10.9. The number of carboxylic acid groups (broad SMARTS) is 1. The van der Waals surface area contributed by atoms with E-state index in [1.807, 2.05) is 0 Å². The molecule has 1 N–H and O–H groups in total. The van der Waals surface area contributed by atoms with Gasteiger partial charge in [-0.15, -0.1) is 0 Å². The van der Waals surface area contributed by atoms with Crippen molar-refractivity contribution in [1.82, 2.24) is 4.57 Å². The van der Waals surface area contributed by atoms with E-state index < -0.39 is 5.97 Å². The molecule has 2 rings (SSSR count). The third kappa shape index (κ3) is 2.34. The SMILES string of the molecule is O=C(O)c1cc(Cl)cn1CCC1CCC1. The van der Waals surface area contributed by atoms with Gasteiger partial charge in [-0.1, -0.05) is 30.9 Å². The van der Waals surface area contributed by atoms with Gasteiger partial charge in [0.1, 0.15) is 5.69 Å². The van der Waals surface area contributed by atoms with E-state index in [0.717, 1.165) is 18.9 Å². The van der Waals surface area contributed by atoms with Crippen molar-refractivity contribution in [2.45, 2.75) is 32.2 Å². The minimum Gasteiger partial charge on any atom is -0.477 e. The molecule has 0 bridgehead atoms. The van der Waals surface area contributed by atoms with Crippen molar-refractivity contribution in [3.05, 3.63) is 23.0 Å². The Labute approximate surface area is 93.7 Å². The Morgan fingerprint density at radius 3 is 2.87 bits per heavy atom. The highest BCUT2D eigenvalue weighted by molar-refractivity contribution is 6.30. The zero-order valence-corrected chi connectivity index (χ0v) is 9.20. The number of aryl methyl sites for hydroxylation is 1. The van der Waals surface area contributed by atoms with Crippen molar-refractivity contribution in [3.8, 4) is 0 Å². The lowest BCUT2D eigenvalue weighted by Crippen LogP contribution is -2.15. The van der Waals surface area contributed by atoms with Crippen LogP contribution in [0.3, 0.4) is 0 Å². The Kier molecular flexibility index (Phi) is 3.00. The summed E-state index contributed by atoms with van der Waals surface area (Å²) in [7, 11) is 0. The van der Waals surface area contributed by atoms with Crippen molar-refractivity contribution < 1.29 is 9.90 Å². The number of nitrogens with zero attached hydrogens (tertiary/aromatic N) is 1. The number of aromatic carboxylic acids is 1. The first-order chi connectivity index (χ1) is 7.16. The lowest BCUT2D eigenvalue weighted by atomic mass is 9.83. The van der Waals surface area contributed by atoms with E-state index in [9.17, 15) is 4.79 Å². The maximum Gasteiger partial charge on any atom is 0.352 e. The molecule has 82 valence electrons. The quantitative estimate of drug-likeness (QED) is 0.859. The number of hydrogen-bond donors (Lipinski definition) is 1. The molecule has 0 amide bonds. The van der Waals surface area contributed by atoms with Gasteiger partial charge >= 0.3 is 5.97 Å². The van der Waals surface area contributed by atoms with Gasteiger partial charge in [0.2, 0.25) is 0 Å². The van der Waals surface area contributed by atoms with Crippen LogP contribution in [0.4, 0.5) is 0 Å². The molecular formula is C11H14ClNO2. The second kappa shape index (κ2) is 4.27. The number of carbonyl (C=O) groups is 1. The zero-order valence-electron chi connectivity index (χ0n) is 8.45. The largest absolute Gasteiger partial charge is 0.477 e. The van der Waals surface area contributed by atoms with Crippen molar-refractivity contribution in [1.29, 1.82) is 0 Å². The van der Waals surface area contributed by atoms with Crippen molar-refractivity contribution >= 4 is 17.6 Å². The highest BCUT2D eigenvalue weighted by Gasteiger charge is 2.18. The number of carboxylic acids is 1. The van der Waals surface area contributed by atoms with Crippen molar-refractivity contribution in [2.24, 2.45) is 5.92 Å². The second-order valence-electron chi connectivity index (χ2n) is 4.13. The van der Waals surface area contributed by atoms with Crippen molar-refractivity contribution in [2.75, 3.05) is 0 Å². The van der Waals surface area contributed by atoms with Crippen LogP contribution >= 0.6 is 11.6 Å². The molecule has 1 saturated carbocycles. The number of hydrogen-bond acceptors (Lipinski definition) is 1. The topological polar surface area (TPSA) is 42.2 Å². The van der Waals surface area contributed by atoms with Gasteiger partial charge in [-0.25, -0.2) is 4.79 Å². The molecule has 0 aromatic carbocycles. The number of halogens is 1. The molecule has 4 heteroatoms. The van der Waals surface area contributed by atoms with E-state index >= 15 is 0 Å². The second-order valence-corrected chi connectivity index (χ2v) is 4.56. The molecule has 0 saturated heterocycles. The summed E-state index contributed by atoms with van der Waals surface area (Å²) >= 11 is 5.79. The average Bonchev–Trinajstić information content (AvgIpc) is 2.44. The molecule has 1 fully saturated rings. The molecule has 0 unspecified atom stereocenters. The third-order valence-corrected chi connectivity index (χ3v) is 3.29. The van der Waals surface area contributed by atoms with Gasteiger partial charge in [0, 0.05) is 12.7 Å². The predicted octanol–water partition coefficient (Wildman–Crippen LogP) is 3.03. The summed E-state index contributed by atoms with van der Waals surface area (Å²) in [5.41, 5.74) is 0.291. The molecule has 1 aliphatic rings. The highest BCUT2D eigenvalue weighted by Crippen LogP contribution is 2.30. The van der Waals surface area contributed by atoms with Crippen LogP contribution in [0.5, 0.6) is 0 Å². The smallest absolute Gasteiger partial charge is 0.352 e. The lowest BCUT2D eigenvalue weighted by molar-refractivity contribution is 0.0684. The van der Waals surface area contributed by atoms with Crippen LogP contribution in [0.1, 0.15) is 36.2 Å². The first kappa shape index (κ1) is 10.6. The average molecular weight is 228 g/mol. The highest BCUT2D eigenvalue weighted by atomic mass is 35.5. The summed E-state index contributed by atoms with van der Waals surface area (Å²) < 4.78 is 1.74. The maximum absolute atomic E-state index is 10.9. The molecule has 0 aliphatic heterocycles. The molecule has 1 aliphatic carbocycles. The first-order valence-electron chi connectivity index (χ1n) is 5.26. The van der Waals surface area contributed by atoms with Crippen molar-refractivity contribution in [3.63, 3.8) is 0 Å². The zero-order chi connectivity index (χ0) is 10.8. The molecule has 3 nitrogen and oxygen atoms in total. The Balaban J connectivity index is 2.02. The first-order valence-corrected chi connectivity index (χ1v) is 5.63. The van der Waals surface area contributed by atoms with Gasteiger partial charge in [-0.05, 0) is 18.4 Å². The normalized spacial score (nSPS) is 16.3. The lowest BCUT2D eigenvalue weighted by Gasteiger charge is -2.25.